The number of hydrogen-bond donors (Lipinski definition) is 2. The fraction of sp³-hybridized carbons (Fsp3) is 0.385. The third-order valence-corrected chi connectivity index (χ3v) is 8.34. The lowest BCUT2D eigenvalue weighted by atomic mass is 9.95. The van der Waals surface area contributed by atoms with Gasteiger partial charge in [0, 0.05) is 30.2 Å². The van der Waals surface area contributed by atoms with Gasteiger partial charge in [-0.15, -0.1) is 0 Å². The molecule has 3 rings (SSSR count). The summed E-state index contributed by atoms with van der Waals surface area (Å²) in [6.45, 7) is 9.41. The van der Waals surface area contributed by atoms with E-state index in [9.17, 15) is 18.0 Å². The van der Waals surface area contributed by atoms with Crippen LogP contribution in [0.15, 0.2) is 66.1 Å². The topological polar surface area (TPSA) is 95.6 Å². The van der Waals surface area contributed by atoms with Gasteiger partial charge in [0.15, 0.2) is 0 Å². The van der Waals surface area contributed by atoms with Crippen LogP contribution in [0.4, 0.5) is 0 Å². The molecule has 0 aliphatic carbocycles. The zero-order valence-corrected chi connectivity index (χ0v) is 20.8. The average molecular weight is 484 g/mol. The lowest BCUT2D eigenvalue weighted by molar-refractivity contribution is -0.117. The van der Waals surface area contributed by atoms with Crippen molar-refractivity contribution in [1.29, 1.82) is 0 Å². The minimum atomic E-state index is -3.77. The van der Waals surface area contributed by atoms with E-state index >= 15 is 0 Å². The Balaban J connectivity index is 1.69. The van der Waals surface area contributed by atoms with Gasteiger partial charge in [-0.2, -0.15) is 4.31 Å². The van der Waals surface area contributed by atoms with E-state index in [4.69, 9.17) is 0 Å². The van der Waals surface area contributed by atoms with E-state index in [-0.39, 0.29) is 34.8 Å². The molecular formula is C26H33N3O4S. The van der Waals surface area contributed by atoms with Crippen LogP contribution in [0.25, 0.3) is 0 Å². The minimum Gasteiger partial charge on any atom is -0.352 e. The van der Waals surface area contributed by atoms with Crippen molar-refractivity contribution < 1.29 is 18.0 Å². The second-order valence-corrected chi connectivity index (χ2v) is 10.7. The smallest absolute Gasteiger partial charge is 0.251 e. The standard InChI is InChI=1S/C26H33N3O4S/c1-5-25(30)28-22-16-19(3)29(20(4)17-22)34(32,33)23-11-12-24(18(2)15-23)26(31)27-14-13-21-9-7-6-8-10-21/h5-12,15,19-20,22H,1,13-14,16-17H2,2-4H3,(H,27,31)(H,28,30). The summed E-state index contributed by atoms with van der Waals surface area (Å²) in [7, 11) is -3.77. The largest absolute Gasteiger partial charge is 0.352 e. The minimum absolute atomic E-state index is 0.106. The molecule has 2 N–H and O–H groups in total. The predicted octanol–water partition coefficient (Wildman–Crippen LogP) is 3.20. The van der Waals surface area contributed by atoms with E-state index in [1.165, 1.54) is 16.4 Å². The molecule has 1 aliphatic heterocycles. The van der Waals surface area contributed by atoms with Gasteiger partial charge < -0.3 is 10.6 Å². The third kappa shape index (κ3) is 5.93. The van der Waals surface area contributed by atoms with Crippen molar-refractivity contribution in [3.05, 3.63) is 77.9 Å². The molecule has 2 atom stereocenters. The number of piperidine rings is 1. The van der Waals surface area contributed by atoms with Crippen molar-refractivity contribution >= 4 is 21.8 Å². The Labute approximate surface area is 202 Å². The maximum absolute atomic E-state index is 13.5. The molecule has 0 radical (unpaired) electrons. The summed E-state index contributed by atoms with van der Waals surface area (Å²) in [6, 6.07) is 13.8. The highest BCUT2D eigenvalue weighted by atomic mass is 32.2. The van der Waals surface area contributed by atoms with Crippen LogP contribution in [0, 0.1) is 6.92 Å². The van der Waals surface area contributed by atoms with Crippen LogP contribution < -0.4 is 10.6 Å². The first-order valence-corrected chi connectivity index (χ1v) is 13.0. The number of carbonyl (C=O) groups excluding carboxylic acids is 2. The summed E-state index contributed by atoms with van der Waals surface area (Å²) in [6.07, 6.45) is 2.98. The molecule has 2 aromatic rings. The maximum Gasteiger partial charge on any atom is 0.251 e. The molecule has 182 valence electrons. The first-order valence-electron chi connectivity index (χ1n) is 11.5. The third-order valence-electron chi connectivity index (χ3n) is 6.21. The molecule has 0 saturated carbocycles. The summed E-state index contributed by atoms with van der Waals surface area (Å²) in [4.78, 5) is 24.5. The van der Waals surface area contributed by atoms with E-state index in [2.05, 4.69) is 17.2 Å². The Morgan fingerprint density at radius 2 is 1.74 bits per heavy atom. The van der Waals surface area contributed by atoms with Crippen molar-refractivity contribution in [2.45, 2.75) is 63.1 Å². The molecule has 1 aliphatic rings. The van der Waals surface area contributed by atoms with E-state index in [0.29, 0.717) is 30.5 Å². The number of carbonyl (C=O) groups is 2. The Hall–Kier alpha value is -2.97. The molecule has 1 fully saturated rings. The van der Waals surface area contributed by atoms with E-state index in [1.807, 2.05) is 44.2 Å². The van der Waals surface area contributed by atoms with Crippen LogP contribution in [0.5, 0.6) is 0 Å². The van der Waals surface area contributed by atoms with Gasteiger partial charge in [0.05, 0.1) is 4.90 Å². The zero-order valence-electron chi connectivity index (χ0n) is 20.0. The molecule has 7 nitrogen and oxygen atoms in total. The normalized spacial score (nSPS) is 21.0. The molecule has 34 heavy (non-hydrogen) atoms. The number of rotatable bonds is 8. The molecular weight excluding hydrogens is 450 g/mol. The molecule has 2 aromatic carbocycles. The quantitative estimate of drug-likeness (QED) is 0.564. The van der Waals surface area contributed by atoms with Gasteiger partial charge in [-0.3, -0.25) is 9.59 Å². The Kier molecular flexibility index (Phi) is 8.28. The lowest BCUT2D eigenvalue weighted by Crippen LogP contribution is -2.54. The van der Waals surface area contributed by atoms with Gasteiger partial charge in [-0.1, -0.05) is 36.9 Å². The molecule has 2 amide bonds. The second-order valence-electron chi connectivity index (χ2n) is 8.88. The van der Waals surface area contributed by atoms with Gasteiger partial charge in [-0.25, -0.2) is 8.42 Å². The number of amides is 2. The Morgan fingerprint density at radius 3 is 2.32 bits per heavy atom. The van der Waals surface area contributed by atoms with Crippen LogP contribution in [0.1, 0.15) is 48.2 Å². The Morgan fingerprint density at radius 1 is 1.09 bits per heavy atom. The van der Waals surface area contributed by atoms with E-state index < -0.39 is 10.0 Å². The summed E-state index contributed by atoms with van der Waals surface area (Å²) in [5.74, 6) is -0.480. The highest BCUT2D eigenvalue weighted by Gasteiger charge is 2.39. The monoisotopic (exact) mass is 483 g/mol. The lowest BCUT2D eigenvalue weighted by Gasteiger charge is -2.41. The molecule has 0 aromatic heterocycles. The first kappa shape index (κ1) is 25.6. The molecule has 0 bridgehead atoms. The summed E-state index contributed by atoms with van der Waals surface area (Å²) in [5, 5.41) is 5.78. The van der Waals surface area contributed by atoms with Crippen molar-refractivity contribution in [3.8, 4) is 0 Å². The Bertz CT molecular complexity index is 1140. The molecule has 1 heterocycles. The van der Waals surface area contributed by atoms with Gasteiger partial charge in [0.2, 0.25) is 15.9 Å². The highest BCUT2D eigenvalue weighted by molar-refractivity contribution is 7.89. The van der Waals surface area contributed by atoms with Crippen molar-refractivity contribution in [2.75, 3.05) is 6.54 Å². The van der Waals surface area contributed by atoms with E-state index in [1.54, 1.807) is 19.1 Å². The number of sulfonamides is 1. The van der Waals surface area contributed by atoms with Gasteiger partial charge in [0.25, 0.3) is 5.91 Å². The zero-order chi connectivity index (χ0) is 24.9. The van der Waals surface area contributed by atoms with Gasteiger partial charge in [0.1, 0.15) is 0 Å². The number of nitrogens with one attached hydrogen (secondary N) is 2. The number of nitrogens with zero attached hydrogens (tertiary/aromatic N) is 1. The molecule has 2 unspecified atom stereocenters. The van der Waals surface area contributed by atoms with Crippen LogP contribution in [-0.2, 0) is 21.2 Å². The van der Waals surface area contributed by atoms with Crippen LogP contribution >= 0.6 is 0 Å². The maximum atomic E-state index is 13.5. The number of aryl methyl sites for hydroxylation is 1. The highest BCUT2D eigenvalue weighted by Crippen LogP contribution is 2.30. The van der Waals surface area contributed by atoms with Crippen molar-refractivity contribution in [3.63, 3.8) is 0 Å². The molecule has 8 heteroatoms. The van der Waals surface area contributed by atoms with Crippen LogP contribution in [0.3, 0.4) is 0 Å². The summed E-state index contributed by atoms with van der Waals surface area (Å²) in [5.41, 5.74) is 2.20. The fourth-order valence-electron chi connectivity index (χ4n) is 4.65. The molecule has 0 spiro atoms. The van der Waals surface area contributed by atoms with Crippen molar-refractivity contribution in [1.82, 2.24) is 14.9 Å². The van der Waals surface area contributed by atoms with Crippen LogP contribution in [0.2, 0.25) is 0 Å². The number of hydrogen-bond acceptors (Lipinski definition) is 4. The van der Waals surface area contributed by atoms with Gasteiger partial charge in [-0.05, 0) is 75.4 Å². The van der Waals surface area contributed by atoms with Crippen molar-refractivity contribution in [2.24, 2.45) is 0 Å². The number of benzene rings is 2. The average Bonchev–Trinajstić information content (AvgIpc) is 2.78. The predicted molar refractivity (Wildman–Crippen MR) is 133 cm³/mol. The van der Waals surface area contributed by atoms with E-state index in [0.717, 1.165) is 12.0 Å². The molecule has 1 saturated heterocycles. The summed E-state index contributed by atoms with van der Waals surface area (Å²) >= 11 is 0. The summed E-state index contributed by atoms with van der Waals surface area (Å²) < 4.78 is 28.5. The SMILES string of the molecule is C=CC(=O)NC1CC(C)N(S(=O)(=O)c2ccc(C(=O)NCCc3ccccc3)c(C)c2)C(C)C1. The second kappa shape index (κ2) is 11.0. The van der Waals surface area contributed by atoms with Crippen LogP contribution in [-0.4, -0.2) is 49.2 Å². The van der Waals surface area contributed by atoms with Gasteiger partial charge >= 0.3 is 0 Å². The first-order chi connectivity index (χ1) is 16.1. The fourth-order valence-corrected chi connectivity index (χ4v) is 6.58.